The second-order valence-corrected chi connectivity index (χ2v) is 12.7. The molecule has 11 heteroatoms. The van der Waals surface area contributed by atoms with Crippen LogP contribution < -0.4 is 21.0 Å². The molecule has 0 radical (unpaired) electrons. The molecular weight excluding hydrogens is 632 g/mol. The number of aromatic hydroxyl groups is 1. The molecule has 1 aromatic heterocycles. The normalized spacial score (nSPS) is 22.9. The number of ether oxygens (including phenoxy) is 1. The third kappa shape index (κ3) is 4.05. The van der Waals surface area contributed by atoms with Crippen LogP contribution in [0.4, 0.5) is 5.69 Å². The fourth-order valence-corrected chi connectivity index (χ4v) is 8.23. The third-order valence-electron chi connectivity index (χ3n) is 9.99. The summed E-state index contributed by atoms with van der Waals surface area (Å²) in [4.78, 5) is 59.2. The number of imide groups is 1. The first-order chi connectivity index (χ1) is 23.3. The fraction of sp³-hybridized carbons (Fsp3) is 0.189. The van der Waals surface area contributed by atoms with Crippen molar-refractivity contribution in [2.24, 2.45) is 5.92 Å². The molecule has 8 rings (SSSR count). The summed E-state index contributed by atoms with van der Waals surface area (Å²) in [5.74, 6) is -2.56. The van der Waals surface area contributed by atoms with E-state index >= 15 is 4.79 Å². The van der Waals surface area contributed by atoms with Crippen molar-refractivity contribution in [1.82, 2.24) is 13.9 Å². The van der Waals surface area contributed by atoms with E-state index in [0.29, 0.717) is 38.8 Å². The Morgan fingerprint density at radius 3 is 2.23 bits per heavy atom. The van der Waals surface area contributed by atoms with E-state index in [9.17, 15) is 19.5 Å². The number of phenolic OH excluding ortho intramolecular Hbond substituents is 1. The van der Waals surface area contributed by atoms with Gasteiger partial charge in [-0.3, -0.25) is 9.59 Å². The van der Waals surface area contributed by atoms with Gasteiger partial charge in [0.2, 0.25) is 11.8 Å². The number of halogens is 1. The molecule has 4 aromatic carbocycles. The molecule has 2 fully saturated rings. The molecule has 2 amide bonds. The molecule has 240 valence electrons. The van der Waals surface area contributed by atoms with E-state index in [1.807, 2.05) is 36.4 Å². The number of anilines is 1. The summed E-state index contributed by atoms with van der Waals surface area (Å²) in [6.07, 6.45) is 1.91. The Labute approximate surface area is 279 Å². The minimum atomic E-state index is -1.52. The summed E-state index contributed by atoms with van der Waals surface area (Å²) in [6.45, 7) is 0.0445. The smallest absolute Gasteiger partial charge is 0.352 e. The molecule has 3 heterocycles. The van der Waals surface area contributed by atoms with Gasteiger partial charge in [-0.25, -0.2) is 28.4 Å². The second-order valence-electron chi connectivity index (χ2n) is 12.2. The number of nitrogens with zero attached hydrogens (tertiary/aromatic N) is 4. The largest absolute Gasteiger partial charge is 0.508 e. The molecule has 1 N–H and O–H groups in total. The van der Waals surface area contributed by atoms with Crippen LogP contribution in [-0.2, 0) is 21.5 Å². The van der Waals surface area contributed by atoms with Gasteiger partial charge < -0.3 is 9.84 Å². The van der Waals surface area contributed by atoms with E-state index in [2.05, 4.69) is 0 Å². The van der Waals surface area contributed by atoms with Gasteiger partial charge in [-0.2, -0.15) is 0 Å². The molecule has 0 bridgehead atoms. The molecule has 3 aliphatic rings. The first kappa shape index (κ1) is 29.8. The predicted octanol–water partition coefficient (Wildman–Crippen LogP) is 4.96. The summed E-state index contributed by atoms with van der Waals surface area (Å²) in [6, 6.07) is 28.4. The van der Waals surface area contributed by atoms with E-state index < -0.39 is 46.5 Å². The highest BCUT2D eigenvalue weighted by molar-refractivity contribution is 6.32. The van der Waals surface area contributed by atoms with E-state index in [-0.39, 0.29) is 18.7 Å². The van der Waals surface area contributed by atoms with Crippen molar-refractivity contribution in [1.29, 1.82) is 0 Å². The van der Waals surface area contributed by atoms with Gasteiger partial charge in [0.1, 0.15) is 11.5 Å². The van der Waals surface area contributed by atoms with Crippen molar-refractivity contribution in [3.05, 3.63) is 152 Å². The molecule has 2 aliphatic heterocycles. The Bertz CT molecular complexity index is 2270. The lowest BCUT2D eigenvalue weighted by Crippen LogP contribution is -2.53. The lowest BCUT2D eigenvalue weighted by atomic mass is 9.53. The van der Waals surface area contributed by atoms with Gasteiger partial charge in [0.05, 0.1) is 42.4 Å². The van der Waals surface area contributed by atoms with Gasteiger partial charge in [0, 0.05) is 22.6 Å². The summed E-state index contributed by atoms with van der Waals surface area (Å²) < 4.78 is 9.29. The predicted molar refractivity (Wildman–Crippen MR) is 179 cm³/mol. The number of methoxy groups -OCH3 is 1. The van der Waals surface area contributed by atoms with Crippen LogP contribution in [0, 0.1) is 5.92 Å². The summed E-state index contributed by atoms with van der Waals surface area (Å²) in [5, 5.41) is 12.0. The lowest BCUT2D eigenvalue weighted by Gasteiger charge is -2.49. The molecule has 1 saturated heterocycles. The number of phenols is 1. The first-order valence-corrected chi connectivity index (χ1v) is 15.9. The van der Waals surface area contributed by atoms with Crippen LogP contribution in [0.1, 0.15) is 29.5 Å². The standard InChI is InChI=1S/C37H29ClN4O6/c1-48-26-15-16-28(31(43)20-26)32-27-17-18-39-35(46)41(24-12-6-3-7-13-24)36(47)42(39)30(27)21-29-33(44)40(25-14-8-11-23(38)19-25)34(45)37(29,32)22-9-4-2-5-10-22/h2-17,19-20,29-30,32,43H,18,21H2,1H3. The number of fused-ring (bicyclic) bond motifs is 4. The van der Waals surface area contributed by atoms with E-state index in [0.717, 1.165) is 4.57 Å². The minimum absolute atomic E-state index is 0.0445. The maximum absolute atomic E-state index is 15.2. The van der Waals surface area contributed by atoms with E-state index in [1.165, 1.54) is 27.4 Å². The van der Waals surface area contributed by atoms with Crippen LogP contribution >= 0.6 is 11.6 Å². The van der Waals surface area contributed by atoms with Crippen molar-refractivity contribution in [2.75, 3.05) is 12.0 Å². The van der Waals surface area contributed by atoms with E-state index in [4.69, 9.17) is 16.3 Å². The average molecular weight is 661 g/mol. The molecule has 10 nitrogen and oxygen atoms in total. The summed E-state index contributed by atoms with van der Waals surface area (Å²) >= 11 is 6.36. The van der Waals surface area contributed by atoms with Crippen molar-refractivity contribution in [2.45, 2.75) is 30.3 Å². The molecule has 4 atom stereocenters. The molecule has 4 unspecified atom stereocenters. The quantitative estimate of drug-likeness (QED) is 0.210. The first-order valence-electron chi connectivity index (χ1n) is 15.5. The van der Waals surface area contributed by atoms with Crippen molar-refractivity contribution in [3.8, 4) is 17.2 Å². The van der Waals surface area contributed by atoms with Crippen LogP contribution in [-0.4, -0.2) is 38.0 Å². The molecule has 5 aromatic rings. The summed E-state index contributed by atoms with van der Waals surface area (Å²) in [5.41, 5.74) is -0.228. The van der Waals surface area contributed by atoms with Gasteiger partial charge in [0.15, 0.2) is 0 Å². The number of allylic oxidation sites excluding steroid dienone is 2. The van der Waals surface area contributed by atoms with Crippen molar-refractivity contribution in [3.63, 3.8) is 0 Å². The Kier molecular flexibility index (Phi) is 6.81. The van der Waals surface area contributed by atoms with Crippen LogP contribution in [0.2, 0.25) is 5.02 Å². The van der Waals surface area contributed by atoms with E-state index in [1.54, 1.807) is 66.7 Å². The second kappa shape index (κ2) is 11.0. The number of hydrogen-bond acceptors (Lipinski definition) is 6. The van der Waals surface area contributed by atoms with Crippen LogP contribution in [0.25, 0.3) is 5.69 Å². The van der Waals surface area contributed by atoms with Gasteiger partial charge in [0.25, 0.3) is 0 Å². The topological polar surface area (TPSA) is 116 Å². The van der Waals surface area contributed by atoms with Crippen molar-refractivity contribution >= 4 is 29.1 Å². The minimum Gasteiger partial charge on any atom is -0.508 e. The number of amides is 2. The zero-order valence-corrected chi connectivity index (χ0v) is 26.4. The highest BCUT2D eigenvalue weighted by Crippen LogP contribution is 2.63. The van der Waals surface area contributed by atoms with Gasteiger partial charge in [-0.15, -0.1) is 0 Å². The fourth-order valence-electron chi connectivity index (χ4n) is 8.04. The zero-order valence-electron chi connectivity index (χ0n) is 25.7. The number of aromatic nitrogens is 3. The monoisotopic (exact) mass is 660 g/mol. The Balaban J connectivity index is 1.42. The van der Waals surface area contributed by atoms with Gasteiger partial charge >= 0.3 is 11.4 Å². The van der Waals surface area contributed by atoms with Crippen LogP contribution in [0.5, 0.6) is 11.5 Å². The number of benzene rings is 4. The molecule has 1 aliphatic carbocycles. The maximum Gasteiger partial charge on any atom is 0.352 e. The molecule has 0 spiro atoms. The number of para-hydroxylation sites is 1. The molecule has 1 saturated carbocycles. The third-order valence-corrected chi connectivity index (χ3v) is 10.2. The number of rotatable bonds is 5. The molecule has 48 heavy (non-hydrogen) atoms. The maximum atomic E-state index is 15.2. The van der Waals surface area contributed by atoms with Gasteiger partial charge in [-0.05, 0) is 54.0 Å². The van der Waals surface area contributed by atoms with Crippen molar-refractivity contribution < 1.29 is 19.4 Å². The average Bonchev–Trinajstić information content (AvgIpc) is 3.49. The number of carbonyl (C=O) groups is 2. The Hall–Kier alpha value is -5.61. The zero-order chi connectivity index (χ0) is 33.3. The number of carbonyl (C=O) groups excluding carboxylic acids is 2. The van der Waals surface area contributed by atoms with Gasteiger partial charge in [-0.1, -0.05) is 78.3 Å². The summed E-state index contributed by atoms with van der Waals surface area (Å²) in [7, 11) is 1.49. The highest BCUT2D eigenvalue weighted by Gasteiger charge is 2.69. The van der Waals surface area contributed by atoms with Crippen LogP contribution in [0.3, 0.4) is 0 Å². The number of hydrogen-bond donors (Lipinski definition) is 1. The highest BCUT2D eigenvalue weighted by atomic mass is 35.5. The van der Waals surface area contributed by atoms with Crippen LogP contribution in [0.15, 0.2) is 124 Å². The lowest BCUT2D eigenvalue weighted by molar-refractivity contribution is -0.124. The SMILES string of the molecule is COc1ccc(C2C3=CCn4c(=O)n(-c5ccccc5)c(=O)n4C3CC3C(=O)N(c4cccc(Cl)c4)C(=O)C32c2ccccc2)c(O)c1. The Morgan fingerprint density at radius 2 is 1.54 bits per heavy atom. The Morgan fingerprint density at radius 1 is 0.833 bits per heavy atom. The molecular formula is C37H29ClN4O6.